The van der Waals surface area contributed by atoms with Crippen molar-refractivity contribution in [2.45, 2.75) is 39.7 Å². The van der Waals surface area contributed by atoms with Gasteiger partial charge in [-0.3, -0.25) is 0 Å². The summed E-state index contributed by atoms with van der Waals surface area (Å²) in [6, 6.07) is 20.1. The summed E-state index contributed by atoms with van der Waals surface area (Å²) >= 11 is 0. The van der Waals surface area contributed by atoms with Crippen molar-refractivity contribution < 1.29 is 10.2 Å². The molecular weight excluding hydrogens is 358 g/mol. The minimum atomic E-state index is 0.0392. The molecule has 3 rings (SSSR count). The van der Waals surface area contributed by atoms with Crippen LogP contribution in [-0.2, 0) is 13.0 Å². The van der Waals surface area contributed by atoms with Gasteiger partial charge in [0.15, 0.2) is 0 Å². The second kappa shape index (κ2) is 8.97. The lowest BCUT2D eigenvalue weighted by atomic mass is 9.92. The maximum atomic E-state index is 10.5. The van der Waals surface area contributed by atoms with Crippen molar-refractivity contribution in [3.8, 4) is 11.5 Å². The van der Waals surface area contributed by atoms with Crippen molar-refractivity contribution in [1.29, 1.82) is 0 Å². The molecule has 0 fully saturated rings. The Morgan fingerprint density at radius 3 is 1.97 bits per heavy atom. The van der Waals surface area contributed by atoms with Gasteiger partial charge in [-0.2, -0.15) is 0 Å². The Hall–Kier alpha value is -3.04. The summed E-state index contributed by atoms with van der Waals surface area (Å²) in [5, 5.41) is 21.1. The standard InChI is InChI=1S/C26H29NO2/c1-17(2)26-24(28)14-23(15-25(26)29)22(12-19-6-4-18(3)5-7-19)13-20-8-10-21(16-27)11-9-20/h4-11,13-15,17,28-29H,12,16,27H2,1-3H3/b22-13-. The van der Waals surface area contributed by atoms with Crippen LogP contribution in [0.3, 0.4) is 0 Å². The maximum absolute atomic E-state index is 10.5. The minimum Gasteiger partial charge on any atom is -0.507 e. The molecule has 0 spiro atoms. The fourth-order valence-electron chi connectivity index (χ4n) is 3.51. The van der Waals surface area contributed by atoms with Crippen LogP contribution in [0.4, 0.5) is 0 Å². The third-order valence-electron chi connectivity index (χ3n) is 5.16. The number of nitrogens with two attached hydrogens (primary N) is 1. The molecule has 0 heterocycles. The van der Waals surface area contributed by atoms with Gasteiger partial charge < -0.3 is 15.9 Å². The normalized spacial score (nSPS) is 11.8. The second-order valence-corrected chi connectivity index (χ2v) is 7.86. The number of aromatic hydroxyl groups is 2. The van der Waals surface area contributed by atoms with E-state index in [2.05, 4.69) is 37.3 Å². The Kier molecular flexibility index (Phi) is 6.40. The zero-order valence-corrected chi connectivity index (χ0v) is 17.3. The molecule has 0 radical (unpaired) electrons. The number of allylic oxidation sites excluding steroid dienone is 1. The maximum Gasteiger partial charge on any atom is 0.123 e. The summed E-state index contributed by atoms with van der Waals surface area (Å²) in [4.78, 5) is 0. The van der Waals surface area contributed by atoms with E-state index in [0.717, 1.165) is 22.3 Å². The molecule has 0 unspecified atom stereocenters. The van der Waals surface area contributed by atoms with Gasteiger partial charge in [0.25, 0.3) is 0 Å². The number of rotatable bonds is 6. The van der Waals surface area contributed by atoms with E-state index in [-0.39, 0.29) is 17.4 Å². The van der Waals surface area contributed by atoms with E-state index in [1.807, 2.05) is 38.1 Å². The van der Waals surface area contributed by atoms with Crippen LogP contribution in [-0.4, -0.2) is 10.2 Å². The quantitative estimate of drug-likeness (QED) is 0.470. The predicted molar refractivity (Wildman–Crippen MR) is 121 cm³/mol. The first-order valence-corrected chi connectivity index (χ1v) is 9.98. The van der Waals surface area contributed by atoms with Crippen LogP contribution >= 0.6 is 0 Å². The molecule has 0 aliphatic rings. The first-order chi connectivity index (χ1) is 13.9. The molecule has 0 atom stereocenters. The lowest BCUT2D eigenvalue weighted by Crippen LogP contribution is -1.96. The molecule has 3 aromatic carbocycles. The van der Waals surface area contributed by atoms with Crippen molar-refractivity contribution in [1.82, 2.24) is 0 Å². The highest BCUT2D eigenvalue weighted by Gasteiger charge is 2.15. The van der Waals surface area contributed by atoms with Crippen molar-refractivity contribution in [3.63, 3.8) is 0 Å². The fraction of sp³-hybridized carbons (Fsp3) is 0.231. The van der Waals surface area contributed by atoms with E-state index in [9.17, 15) is 10.2 Å². The van der Waals surface area contributed by atoms with Gasteiger partial charge in [0.05, 0.1) is 0 Å². The molecule has 29 heavy (non-hydrogen) atoms. The summed E-state index contributed by atoms with van der Waals surface area (Å²) < 4.78 is 0. The third kappa shape index (κ3) is 5.07. The SMILES string of the molecule is Cc1ccc(C/C(=C/c2ccc(CN)cc2)c2cc(O)c(C(C)C)c(O)c2)cc1. The number of phenolic OH excluding ortho intramolecular Hbond substituents is 2. The van der Waals surface area contributed by atoms with Crippen LogP contribution < -0.4 is 5.73 Å². The van der Waals surface area contributed by atoms with Gasteiger partial charge >= 0.3 is 0 Å². The average molecular weight is 388 g/mol. The van der Waals surface area contributed by atoms with Crippen LogP contribution in [0, 0.1) is 6.92 Å². The Labute approximate surface area is 173 Å². The first kappa shape index (κ1) is 20.7. The Bertz CT molecular complexity index is 977. The Balaban J connectivity index is 2.06. The summed E-state index contributed by atoms with van der Waals surface area (Å²) in [6.07, 6.45) is 2.79. The number of hydrogen-bond donors (Lipinski definition) is 3. The van der Waals surface area contributed by atoms with E-state index in [1.54, 1.807) is 12.1 Å². The molecule has 0 saturated carbocycles. The van der Waals surface area contributed by atoms with Gasteiger partial charge in [-0.05, 0) is 59.2 Å². The lowest BCUT2D eigenvalue weighted by molar-refractivity contribution is 0.433. The summed E-state index contributed by atoms with van der Waals surface area (Å²) in [7, 11) is 0. The third-order valence-corrected chi connectivity index (χ3v) is 5.16. The summed E-state index contributed by atoms with van der Waals surface area (Å²) in [5.41, 5.74) is 12.6. The van der Waals surface area contributed by atoms with E-state index >= 15 is 0 Å². The molecule has 3 heteroatoms. The van der Waals surface area contributed by atoms with Gasteiger partial charge in [-0.25, -0.2) is 0 Å². The molecule has 0 bridgehead atoms. The molecule has 0 aliphatic carbocycles. The highest BCUT2D eigenvalue weighted by Crippen LogP contribution is 2.38. The number of phenols is 2. The van der Waals surface area contributed by atoms with Crippen molar-refractivity contribution in [2.75, 3.05) is 0 Å². The van der Waals surface area contributed by atoms with Gasteiger partial charge in [-0.1, -0.05) is 74.0 Å². The van der Waals surface area contributed by atoms with Crippen LogP contribution in [0.25, 0.3) is 11.6 Å². The van der Waals surface area contributed by atoms with Gasteiger partial charge in [0.1, 0.15) is 11.5 Å². The molecule has 3 nitrogen and oxygen atoms in total. The van der Waals surface area contributed by atoms with E-state index in [1.165, 1.54) is 11.1 Å². The topological polar surface area (TPSA) is 66.5 Å². The minimum absolute atomic E-state index is 0.0392. The number of aryl methyl sites for hydroxylation is 1. The molecule has 0 aliphatic heterocycles. The van der Waals surface area contributed by atoms with E-state index in [4.69, 9.17) is 5.73 Å². The van der Waals surface area contributed by atoms with Gasteiger partial charge in [0, 0.05) is 12.1 Å². The Morgan fingerprint density at radius 2 is 1.45 bits per heavy atom. The lowest BCUT2D eigenvalue weighted by Gasteiger charge is -2.15. The summed E-state index contributed by atoms with van der Waals surface area (Å²) in [6.45, 7) is 6.49. The summed E-state index contributed by atoms with van der Waals surface area (Å²) in [5.74, 6) is 0.295. The van der Waals surface area contributed by atoms with Gasteiger partial charge in [-0.15, -0.1) is 0 Å². The van der Waals surface area contributed by atoms with Crippen LogP contribution in [0.1, 0.15) is 53.1 Å². The van der Waals surface area contributed by atoms with Gasteiger partial charge in [0.2, 0.25) is 0 Å². The zero-order valence-electron chi connectivity index (χ0n) is 17.3. The second-order valence-electron chi connectivity index (χ2n) is 7.86. The molecule has 150 valence electrons. The molecule has 0 amide bonds. The molecule has 0 saturated heterocycles. The molecule has 0 aromatic heterocycles. The average Bonchev–Trinajstić information content (AvgIpc) is 2.69. The van der Waals surface area contributed by atoms with Crippen molar-refractivity contribution in [2.24, 2.45) is 5.73 Å². The zero-order chi connectivity index (χ0) is 21.0. The van der Waals surface area contributed by atoms with Crippen molar-refractivity contribution in [3.05, 3.63) is 94.0 Å². The molecular formula is C26H29NO2. The van der Waals surface area contributed by atoms with Crippen molar-refractivity contribution >= 4 is 11.6 Å². The number of benzene rings is 3. The Morgan fingerprint density at radius 1 is 0.897 bits per heavy atom. The first-order valence-electron chi connectivity index (χ1n) is 9.98. The highest BCUT2D eigenvalue weighted by atomic mass is 16.3. The largest absolute Gasteiger partial charge is 0.507 e. The van der Waals surface area contributed by atoms with Crippen LogP contribution in [0.2, 0.25) is 0 Å². The van der Waals surface area contributed by atoms with Crippen LogP contribution in [0.15, 0.2) is 60.7 Å². The fourth-order valence-corrected chi connectivity index (χ4v) is 3.51. The number of hydrogen-bond acceptors (Lipinski definition) is 3. The van der Waals surface area contributed by atoms with E-state index in [0.29, 0.717) is 18.5 Å². The monoisotopic (exact) mass is 387 g/mol. The van der Waals surface area contributed by atoms with E-state index < -0.39 is 0 Å². The predicted octanol–water partition coefficient (Wildman–Crippen LogP) is 5.77. The highest BCUT2D eigenvalue weighted by molar-refractivity contribution is 5.84. The molecule has 3 aromatic rings. The van der Waals surface area contributed by atoms with Crippen LogP contribution in [0.5, 0.6) is 11.5 Å². The molecule has 4 N–H and O–H groups in total. The smallest absolute Gasteiger partial charge is 0.123 e.